The van der Waals surface area contributed by atoms with Crippen molar-refractivity contribution in [1.82, 2.24) is 18.7 Å². The lowest BCUT2D eigenvalue weighted by Gasteiger charge is -2.12. The van der Waals surface area contributed by atoms with Gasteiger partial charge in [-0.3, -0.25) is 9.48 Å². The predicted octanol–water partition coefficient (Wildman–Crippen LogP) is 3.97. The normalized spacial score (nSPS) is 11.6. The van der Waals surface area contributed by atoms with Crippen LogP contribution in [0.25, 0.3) is 22.2 Å². The fourth-order valence-corrected chi connectivity index (χ4v) is 5.31. The highest BCUT2D eigenvalue weighted by Gasteiger charge is 2.24. The molecule has 35 heavy (non-hydrogen) atoms. The smallest absolute Gasteiger partial charge is 0.269 e. The van der Waals surface area contributed by atoms with Crippen molar-refractivity contribution in [2.45, 2.75) is 4.90 Å². The minimum atomic E-state index is -3.91. The van der Waals surface area contributed by atoms with Crippen molar-refractivity contribution in [1.29, 1.82) is 0 Å². The Hall–Kier alpha value is -4.24. The summed E-state index contributed by atoms with van der Waals surface area (Å²) in [4.78, 5) is 19.8. The van der Waals surface area contributed by atoms with E-state index in [1.807, 2.05) is 31.1 Å². The summed E-state index contributed by atoms with van der Waals surface area (Å²) in [5.74, 6) is -0.194. The molecule has 0 aliphatic carbocycles. The lowest BCUT2D eigenvalue weighted by molar-refractivity contribution is 0.103. The Balaban J connectivity index is 1.67. The van der Waals surface area contributed by atoms with Crippen LogP contribution in [0.1, 0.15) is 15.9 Å². The van der Waals surface area contributed by atoms with Gasteiger partial charge in [0.2, 0.25) is 0 Å². The Morgan fingerprint density at radius 3 is 2.26 bits per heavy atom. The van der Waals surface area contributed by atoms with Crippen LogP contribution in [-0.2, 0) is 17.1 Å². The minimum absolute atomic E-state index is 0.151. The second-order valence-corrected chi connectivity index (χ2v) is 10.2. The summed E-state index contributed by atoms with van der Waals surface area (Å²) >= 11 is 0. The van der Waals surface area contributed by atoms with Crippen LogP contribution < -0.4 is 4.90 Å². The van der Waals surface area contributed by atoms with Crippen molar-refractivity contribution < 1.29 is 13.2 Å². The molecular weight excluding hydrogens is 462 g/mol. The minimum Gasteiger partial charge on any atom is -0.378 e. The van der Waals surface area contributed by atoms with Gasteiger partial charge in [0, 0.05) is 73.1 Å². The molecule has 0 amide bonds. The second-order valence-electron chi connectivity index (χ2n) is 8.42. The highest BCUT2D eigenvalue weighted by molar-refractivity contribution is 7.90. The number of hydrogen-bond donors (Lipinski definition) is 0. The fourth-order valence-electron chi connectivity index (χ4n) is 3.96. The molecule has 0 spiro atoms. The van der Waals surface area contributed by atoms with E-state index in [2.05, 4.69) is 10.1 Å². The highest BCUT2D eigenvalue weighted by atomic mass is 32.2. The average Bonchev–Trinajstić information content (AvgIpc) is 3.47. The third-order valence-electron chi connectivity index (χ3n) is 5.84. The van der Waals surface area contributed by atoms with E-state index >= 15 is 0 Å². The van der Waals surface area contributed by atoms with Crippen molar-refractivity contribution in [2.75, 3.05) is 19.0 Å². The fraction of sp³-hybridized carbons (Fsp3) is 0.115. The van der Waals surface area contributed by atoms with Crippen LogP contribution in [0.15, 0.2) is 90.3 Å². The summed E-state index contributed by atoms with van der Waals surface area (Å²) in [6.45, 7) is 0. The number of pyridine rings is 1. The number of carbonyl (C=O) groups is 1. The molecule has 0 N–H and O–H groups in total. The van der Waals surface area contributed by atoms with E-state index in [0.717, 1.165) is 11.3 Å². The van der Waals surface area contributed by atoms with Gasteiger partial charge in [-0.1, -0.05) is 18.2 Å². The number of aromatic nitrogens is 4. The number of rotatable bonds is 6. The number of fused-ring (bicyclic) bond motifs is 1. The number of benzene rings is 2. The largest absolute Gasteiger partial charge is 0.378 e. The van der Waals surface area contributed by atoms with Crippen molar-refractivity contribution in [2.24, 2.45) is 7.05 Å². The molecule has 3 aromatic heterocycles. The van der Waals surface area contributed by atoms with Gasteiger partial charge < -0.3 is 4.90 Å². The van der Waals surface area contributed by atoms with Crippen LogP contribution in [0.3, 0.4) is 0 Å². The van der Waals surface area contributed by atoms with Gasteiger partial charge in [-0.2, -0.15) is 5.10 Å². The highest BCUT2D eigenvalue weighted by Crippen LogP contribution is 2.33. The summed E-state index contributed by atoms with van der Waals surface area (Å²) in [6.07, 6.45) is 6.41. The predicted molar refractivity (Wildman–Crippen MR) is 135 cm³/mol. The Kier molecular flexibility index (Phi) is 5.49. The summed E-state index contributed by atoms with van der Waals surface area (Å²) in [7, 11) is 1.75. The molecule has 0 saturated heterocycles. The summed E-state index contributed by atoms with van der Waals surface area (Å²) in [6, 6.07) is 17.2. The molecule has 9 heteroatoms. The number of hydrogen-bond acceptors (Lipinski definition) is 6. The molecule has 0 unspecified atom stereocenters. The number of anilines is 1. The molecule has 0 aliphatic heterocycles. The maximum Gasteiger partial charge on any atom is 0.269 e. The molecule has 3 heterocycles. The first-order chi connectivity index (χ1) is 16.8. The summed E-state index contributed by atoms with van der Waals surface area (Å²) in [5.41, 5.74) is 3.47. The number of carbonyl (C=O) groups excluding carboxylic acids is 1. The maximum absolute atomic E-state index is 13.5. The van der Waals surface area contributed by atoms with Crippen LogP contribution in [0.5, 0.6) is 0 Å². The zero-order chi connectivity index (χ0) is 24.7. The van der Waals surface area contributed by atoms with Gasteiger partial charge in [0.05, 0.1) is 11.1 Å². The third-order valence-corrected chi connectivity index (χ3v) is 7.50. The van der Waals surface area contributed by atoms with E-state index in [1.54, 1.807) is 72.7 Å². The first-order valence-electron chi connectivity index (χ1n) is 10.9. The Bertz CT molecular complexity index is 1650. The Labute approximate surface area is 203 Å². The van der Waals surface area contributed by atoms with Crippen LogP contribution in [0.4, 0.5) is 5.69 Å². The molecule has 8 nitrogen and oxygen atoms in total. The molecule has 0 saturated carbocycles. The quantitative estimate of drug-likeness (QED) is 0.338. The monoisotopic (exact) mass is 485 g/mol. The molecule has 0 aliphatic rings. The summed E-state index contributed by atoms with van der Waals surface area (Å²) < 4.78 is 29.7. The van der Waals surface area contributed by atoms with Crippen molar-refractivity contribution in [3.05, 3.63) is 96.6 Å². The van der Waals surface area contributed by atoms with E-state index in [9.17, 15) is 13.2 Å². The van der Waals surface area contributed by atoms with E-state index < -0.39 is 10.0 Å². The van der Waals surface area contributed by atoms with Gasteiger partial charge >= 0.3 is 0 Å². The van der Waals surface area contributed by atoms with Crippen LogP contribution >= 0.6 is 0 Å². The van der Waals surface area contributed by atoms with Gasteiger partial charge in [-0.05, 0) is 42.5 Å². The SMILES string of the molecule is CN(C)c1ccc(C(=O)c2cnc3c(c2)c(-c2cnn(C)c2)cn3S(=O)(=O)c2ccccc2)cc1. The number of ketones is 1. The molecule has 0 atom stereocenters. The average molecular weight is 486 g/mol. The maximum atomic E-state index is 13.5. The second kappa shape index (κ2) is 8.52. The van der Waals surface area contributed by atoms with Gasteiger partial charge in [0.25, 0.3) is 10.0 Å². The van der Waals surface area contributed by atoms with Gasteiger partial charge in [0.1, 0.15) is 0 Å². The lowest BCUT2D eigenvalue weighted by Crippen LogP contribution is -2.12. The zero-order valence-electron chi connectivity index (χ0n) is 19.5. The zero-order valence-corrected chi connectivity index (χ0v) is 20.3. The van der Waals surface area contributed by atoms with E-state index in [1.165, 1.54) is 16.4 Å². The standard InChI is InChI=1S/C26H23N5O3S/c1-29(2)21-11-9-18(10-12-21)25(32)19-13-23-24(20-15-28-30(3)16-20)17-31(26(23)27-14-19)35(33,34)22-7-5-4-6-8-22/h4-17H,1-3H3. The molecule has 0 bridgehead atoms. The van der Waals surface area contributed by atoms with Crippen molar-refractivity contribution >= 4 is 32.5 Å². The van der Waals surface area contributed by atoms with Crippen molar-refractivity contribution in [3.63, 3.8) is 0 Å². The van der Waals surface area contributed by atoms with Gasteiger partial charge in [-0.25, -0.2) is 17.4 Å². The molecule has 0 fully saturated rings. The van der Waals surface area contributed by atoms with Crippen molar-refractivity contribution in [3.8, 4) is 11.1 Å². The van der Waals surface area contributed by atoms with Crippen LogP contribution in [-0.4, -0.2) is 47.0 Å². The first-order valence-corrected chi connectivity index (χ1v) is 12.3. The molecule has 5 aromatic rings. The Morgan fingerprint density at radius 2 is 1.63 bits per heavy atom. The first kappa shape index (κ1) is 22.5. The third kappa shape index (κ3) is 4.00. The van der Waals surface area contributed by atoms with Gasteiger partial charge in [0.15, 0.2) is 11.4 Å². The van der Waals surface area contributed by atoms with E-state index in [0.29, 0.717) is 22.1 Å². The number of nitrogens with zero attached hydrogens (tertiary/aromatic N) is 5. The number of aryl methyl sites for hydroxylation is 1. The van der Waals surface area contributed by atoms with E-state index in [4.69, 9.17) is 0 Å². The lowest BCUT2D eigenvalue weighted by atomic mass is 10.0. The topological polar surface area (TPSA) is 90.1 Å². The molecule has 0 radical (unpaired) electrons. The van der Waals surface area contributed by atoms with E-state index in [-0.39, 0.29) is 16.3 Å². The molecule has 5 rings (SSSR count). The Morgan fingerprint density at radius 1 is 0.914 bits per heavy atom. The molecular formula is C26H23N5O3S. The van der Waals surface area contributed by atoms with Crippen LogP contribution in [0, 0.1) is 0 Å². The van der Waals surface area contributed by atoms with Crippen LogP contribution in [0.2, 0.25) is 0 Å². The molecule has 176 valence electrons. The molecule has 2 aromatic carbocycles. The van der Waals surface area contributed by atoms with Gasteiger partial charge in [-0.15, -0.1) is 0 Å². The summed E-state index contributed by atoms with van der Waals surface area (Å²) in [5, 5.41) is 4.77.